The maximum atomic E-state index is 5.43. The minimum absolute atomic E-state index is 0.571. The van der Waals surface area contributed by atoms with Gasteiger partial charge >= 0.3 is 0 Å². The van der Waals surface area contributed by atoms with Crippen LogP contribution >= 0.6 is 12.2 Å². The summed E-state index contributed by atoms with van der Waals surface area (Å²) in [6.45, 7) is 9.53. The SMILES string of the molecule is Cc1cc(N2CC(C)CC(C)C2)nc(NC(=S)NCCCc2ccccc2)n1. The van der Waals surface area contributed by atoms with Crippen molar-refractivity contribution in [3.05, 3.63) is 47.7 Å². The molecule has 1 aliphatic rings. The van der Waals surface area contributed by atoms with Crippen LogP contribution in [0.1, 0.15) is 37.9 Å². The molecular formula is C22H31N5S. The molecule has 1 aromatic heterocycles. The van der Waals surface area contributed by atoms with Gasteiger partial charge in [-0.25, -0.2) is 4.98 Å². The Morgan fingerprint density at radius 2 is 1.86 bits per heavy atom. The lowest BCUT2D eigenvalue weighted by atomic mass is 9.92. The van der Waals surface area contributed by atoms with E-state index in [2.05, 4.69) is 64.7 Å². The molecule has 0 spiro atoms. The highest BCUT2D eigenvalue weighted by Crippen LogP contribution is 2.25. The normalized spacial score (nSPS) is 19.3. The molecule has 2 atom stereocenters. The number of hydrogen-bond donors (Lipinski definition) is 2. The Hall–Kier alpha value is -2.21. The first-order valence-electron chi connectivity index (χ1n) is 10.2. The van der Waals surface area contributed by atoms with Gasteiger partial charge in [-0.05, 0) is 55.8 Å². The number of piperidine rings is 1. The lowest BCUT2D eigenvalue weighted by Crippen LogP contribution is -2.39. The average molecular weight is 398 g/mol. The lowest BCUT2D eigenvalue weighted by molar-refractivity contribution is 0.355. The molecule has 0 aliphatic carbocycles. The summed E-state index contributed by atoms with van der Waals surface area (Å²) in [6, 6.07) is 12.6. The molecule has 0 radical (unpaired) electrons. The summed E-state index contributed by atoms with van der Waals surface area (Å²) in [7, 11) is 0. The van der Waals surface area contributed by atoms with E-state index < -0.39 is 0 Å². The fourth-order valence-corrected chi connectivity index (χ4v) is 4.10. The highest BCUT2D eigenvalue weighted by Gasteiger charge is 2.23. The number of benzene rings is 1. The van der Waals surface area contributed by atoms with Crippen molar-refractivity contribution in [3.63, 3.8) is 0 Å². The van der Waals surface area contributed by atoms with Crippen molar-refractivity contribution in [1.29, 1.82) is 0 Å². The monoisotopic (exact) mass is 397 g/mol. The summed E-state index contributed by atoms with van der Waals surface area (Å²) < 4.78 is 0. The van der Waals surface area contributed by atoms with Gasteiger partial charge in [0, 0.05) is 31.4 Å². The van der Waals surface area contributed by atoms with E-state index in [1.807, 2.05) is 13.0 Å². The summed E-state index contributed by atoms with van der Waals surface area (Å²) in [5, 5.41) is 6.99. The molecule has 28 heavy (non-hydrogen) atoms. The summed E-state index contributed by atoms with van der Waals surface area (Å²) in [5.41, 5.74) is 2.30. The molecule has 1 fully saturated rings. The van der Waals surface area contributed by atoms with Crippen molar-refractivity contribution in [3.8, 4) is 0 Å². The second-order valence-corrected chi connectivity index (χ2v) is 8.42. The lowest BCUT2D eigenvalue weighted by Gasteiger charge is -2.36. The number of thiocarbonyl (C=S) groups is 1. The molecule has 2 N–H and O–H groups in total. The van der Waals surface area contributed by atoms with Crippen LogP contribution in [0.5, 0.6) is 0 Å². The quantitative estimate of drug-likeness (QED) is 0.563. The van der Waals surface area contributed by atoms with Gasteiger partial charge in [-0.1, -0.05) is 44.2 Å². The van der Waals surface area contributed by atoms with Crippen molar-refractivity contribution in [1.82, 2.24) is 15.3 Å². The second-order valence-electron chi connectivity index (χ2n) is 8.01. The first-order valence-corrected chi connectivity index (χ1v) is 10.6. The van der Waals surface area contributed by atoms with Crippen LogP contribution in [0.15, 0.2) is 36.4 Å². The third-order valence-corrected chi connectivity index (χ3v) is 5.28. The zero-order valence-corrected chi connectivity index (χ0v) is 17.9. The van der Waals surface area contributed by atoms with E-state index in [-0.39, 0.29) is 0 Å². The average Bonchev–Trinajstić information content (AvgIpc) is 2.65. The van der Waals surface area contributed by atoms with Gasteiger partial charge in [0.15, 0.2) is 5.11 Å². The Kier molecular flexibility index (Phi) is 7.20. The standard InChI is InChI=1S/C22H31N5S/c1-16-12-17(2)15-27(14-16)20-13-18(3)24-21(25-20)26-22(28)23-11-7-10-19-8-5-4-6-9-19/h4-6,8-9,13,16-17H,7,10-12,14-15H2,1-3H3,(H2,23,24,25,26,28). The first-order chi connectivity index (χ1) is 13.5. The first kappa shape index (κ1) is 20.5. The van der Waals surface area contributed by atoms with Crippen LogP contribution in [0.4, 0.5) is 11.8 Å². The second kappa shape index (κ2) is 9.82. The van der Waals surface area contributed by atoms with Crippen LogP contribution in [-0.4, -0.2) is 34.7 Å². The number of rotatable bonds is 6. The van der Waals surface area contributed by atoms with Crippen LogP contribution in [0.25, 0.3) is 0 Å². The fraction of sp³-hybridized carbons (Fsp3) is 0.500. The number of anilines is 2. The Labute approximate surface area is 174 Å². The van der Waals surface area contributed by atoms with E-state index in [9.17, 15) is 0 Å². The van der Waals surface area contributed by atoms with Crippen LogP contribution in [0, 0.1) is 18.8 Å². The van der Waals surface area contributed by atoms with Crippen LogP contribution < -0.4 is 15.5 Å². The maximum absolute atomic E-state index is 5.43. The highest BCUT2D eigenvalue weighted by atomic mass is 32.1. The molecule has 150 valence electrons. The van der Waals surface area contributed by atoms with Crippen molar-refractivity contribution >= 4 is 29.1 Å². The van der Waals surface area contributed by atoms with Gasteiger partial charge in [-0.2, -0.15) is 4.98 Å². The largest absolute Gasteiger partial charge is 0.362 e. The number of hydrogen-bond acceptors (Lipinski definition) is 4. The molecule has 3 rings (SSSR count). The van der Waals surface area contributed by atoms with E-state index in [1.54, 1.807) is 0 Å². The molecule has 5 nitrogen and oxygen atoms in total. The zero-order valence-electron chi connectivity index (χ0n) is 17.1. The Morgan fingerprint density at radius 1 is 1.14 bits per heavy atom. The molecule has 2 unspecified atom stereocenters. The summed E-state index contributed by atoms with van der Waals surface area (Å²) >= 11 is 5.43. The number of aromatic nitrogens is 2. The van der Waals surface area contributed by atoms with E-state index in [0.717, 1.165) is 44.0 Å². The van der Waals surface area contributed by atoms with E-state index in [4.69, 9.17) is 17.2 Å². The fourth-order valence-electron chi connectivity index (χ4n) is 3.90. The predicted molar refractivity (Wildman–Crippen MR) is 121 cm³/mol. The molecule has 1 saturated heterocycles. The number of nitrogens with zero attached hydrogens (tertiary/aromatic N) is 3. The number of aryl methyl sites for hydroxylation is 2. The minimum atomic E-state index is 0.571. The molecule has 6 heteroatoms. The minimum Gasteiger partial charge on any atom is -0.362 e. The van der Waals surface area contributed by atoms with Gasteiger partial charge < -0.3 is 15.5 Å². The maximum Gasteiger partial charge on any atom is 0.231 e. The van der Waals surface area contributed by atoms with Crippen LogP contribution in [-0.2, 0) is 6.42 Å². The molecule has 0 amide bonds. The van der Waals surface area contributed by atoms with Crippen molar-refractivity contribution in [2.24, 2.45) is 11.8 Å². The molecule has 1 aliphatic heterocycles. The van der Waals surface area contributed by atoms with Gasteiger partial charge in [0.25, 0.3) is 0 Å². The third-order valence-electron chi connectivity index (χ3n) is 5.03. The number of nitrogens with one attached hydrogen (secondary N) is 2. The summed E-state index contributed by atoms with van der Waals surface area (Å²) in [4.78, 5) is 11.6. The summed E-state index contributed by atoms with van der Waals surface area (Å²) in [5.74, 6) is 2.92. The highest BCUT2D eigenvalue weighted by molar-refractivity contribution is 7.80. The predicted octanol–water partition coefficient (Wildman–Crippen LogP) is 4.19. The van der Waals surface area contributed by atoms with Gasteiger partial charge in [-0.15, -0.1) is 0 Å². The van der Waals surface area contributed by atoms with Gasteiger partial charge in [-0.3, -0.25) is 0 Å². The molecule has 0 bridgehead atoms. The Morgan fingerprint density at radius 3 is 2.57 bits per heavy atom. The van der Waals surface area contributed by atoms with Crippen molar-refractivity contribution < 1.29 is 0 Å². The van der Waals surface area contributed by atoms with Crippen LogP contribution in [0.2, 0.25) is 0 Å². The van der Waals surface area contributed by atoms with Gasteiger partial charge in [0.05, 0.1) is 0 Å². The topological polar surface area (TPSA) is 53.1 Å². The zero-order chi connectivity index (χ0) is 19.9. The smallest absolute Gasteiger partial charge is 0.231 e. The molecule has 2 heterocycles. The summed E-state index contributed by atoms with van der Waals surface area (Å²) in [6.07, 6.45) is 3.34. The Balaban J connectivity index is 1.52. The third kappa shape index (κ3) is 6.16. The van der Waals surface area contributed by atoms with Gasteiger partial charge in [0.1, 0.15) is 5.82 Å². The van der Waals surface area contributed by atoms with E-state index in [1.165, 1.54) is 12.0 Å². The van der Waals surface area contributed by atoms with Gasteiger partial charge in [0.2, 0.25) is 5.95 Å². The van der Waals surface area contributed by atoms with Crippen molar-refractivity contribution in [2.75, 3.05) is 29.9 Å². The van der Waals surface area contributed by atoms with E-state index >= 15 is 0 Å². The molecular weight excluding hydrogens is 366 g/mol. The van der Waals surface area contributed by atoms with Crippen LogP contribution in [0.3, 0.4) is 0 Å². The Bertz CT molecular complexity index is 770. The molecule has 0 saturated carbocycles. The molecule has 1 aromatic carbocycles. The molecule has 2 aromatic rings. The van der Waals surface area contributed by atoms with Crippen molar-refractivity contribution in [2.45, 2.75) is 40.0 Å². The van der Waals surface area contributed by atoms with E-state index in [0.29, 0.717) is 22.9 Å².